The topological polar surface area (TPSA) is 133 Å². The first-order valence-electron chi connectivity index (χ1n) is 10.1. The maximum atomic E-state index is 13.2. The highest BCUT2D eigenvalue weighted by Crippen LogP contribution is 2.34. The molecule has 0 amide bonds. The Bertz CT molecular complexity index is 1750. The average Bonchev–Trinajstić information content (AvgIpc) is 3.12. The number of hydrogen-bond donors (Lipinski definition) is 2. The molecule has 36 heavy (non-hydrogen) atoms. The summed E-state index contributed by atoms with van der Waals surface area (Å²) < 4.78 is 69.0. The Kier molecular flexibility index (Phi) is 6.92. The van der Waals surface area contributed by atoms with E-state index in [4.69, 9.17) is 21.1 Å². The summed E-state index contributed by atoms with van der Waals surface area (Å²) in [6.45, 7) is 0. The van der Waals surface area contributed by atoms with E-state index in [-0.39, 0.29) is 42.1 Å². The molecule has 10 nitrogen and oxygen atoms in total. The van der Waals surface area contributed by atoms with Crippen molar-refractivity contribution in [1.29, 1.82) is 0 Å². The van der Waals surface area contributed by atoms with Crippen molar-refractivity contribution in [2.45, 2.75) is 9.79 Å². The van der Waals surface area contributed by atoms with Gasteiger partial charge in [-0.3, -0.25) is 18.2 Å². The molecule has 1 aromatic heterocycles. The van der Waals surface area contributed by atoms with Gasteiger partial charge in [-0.2, -0.15) is 0 Å². The van der Waals surface area contributed by atoms with E-state index >= 15 is 0 Å². The molecule has 0 aliphatic heterocycles. The van der Waals surface area contributed by atoms with E-state index in [0.717, 1.165) is 11.5 Å². The zero-order chi connectivity index (χ0) is 26.3. The number of rotatable bonds is 8. The first-order valence-corrected chi connectivity index (χ1v) is 14.2. The third-order valence-corrected chi connectivity index (χ3v) is 9.05. The summed E-state index contributed by atoms with van der Waals surface area (Å²) in [6, 6.07) is 12.3. The van der Waals surface area contributed by atoms with Gasteiger partial charge >= 0.3 is 0 Å². The van der Waals surface area contributed by atoms with E-state index in [9.17, 15) is 21.6 Å². The molecule has 0 spiro atoms. The number of methoxy groups -OCH3 is 2. The van der Waals surface area contributed by atoms with Crippen molar-refractivity contribution in [1.82, 2.24) is 3.96 Å². The number of nitrogens with one attached hydrogen (secondary N) is 2. The minimum atomic E-state index is -4.22. The lowest BCUT2D eigenvalue weighted by Crippen LogP contribution is -2.18. The highest BCUT2D eigenvalue weighted by atomic mass is 35.5. The number of anilines is 2. The van der Waals surface area contributed by atoms with E-state index in [1.54, 1.807) is 11.0 Å². The predicted molar refractivity (Wildman–Crippen MR) is 140 cm³/mol. The number of fused-ring (bicyclic) bond motifs is 1. The number of nitrogens with zero attached hydrogens (tertiary/aromatic N) is 1. The largest absolute Gasteiger partial charge is 0.497 e. The molecule has 0 radical (unpaired) electrons. The number of ether oxygens (including phenoxy) is 2. The molecule has 4 aromatic rings. The van der Waals surface area contributed by atoms with Crippen molar-refractivity contribution in [3.63, 3.8) is 0 Å². The number of aryl methyl sites for hydroxylation is 1. The molecule has 4 rings (SSSR count). The van der Waals surface area contributed by atoms with Gasteiger partial charge in [0.25, 0.3) is 24.8 Å². The molecule has 0 bridgehead atoms. The van der Waals surface area contributed by atoms with E-state index in [2.05, 4.69) is 9.44 Å². The van der Waals surface area contributed by atoms with Crippen LogP contribution in [-0.2, 0) is 27.1 Å². The Balaban J connectivity index is 1.72. The third kappa shape index (κ3) is 5.00. The van der Waals surface area contributed by atoms with Crippen LogP contribution in [0.3, 0.4) is 0 Å². The van der Waals surface area contributed by atoms with E-state index in [1.165, 1.54) is 68.8 Å². The maximum absolute atomic E-state index is 13.2. The Morgan fingerprint density at radius 2 is 1.58 bits per heavy atom. The van der Waals surface area contributed by atoms with Crippen molar-refractivity contribution in [2.75, 3.05) is 23.7 Å². The lowest BCUT2D eigenvalue weighted by atomic mass is 10.2. The standard InChI is InChI=1S/C22H20ClN3O7S3/c1-26-19-8-6-15(12-16(19)22(27)34-26)35(28,29)25-18-10-13(23)4-7-17(18)24-36(30,31)21-9-5-14(32-2)11-20(21)33-3/h4-12,24-25H,1-3H3. The fraction of sp³-hybridized carbons (Fsp3) is 0.136. The van der Waals surface area contributed by atoms with Crippen molar-refractivity contribution in [3.05, 3.63) is 69.2 Å². The van der Waals surface area contributed by atoms with Crippen LogP contribution in [0.2, 0.25) is 5.02 Å². The second kappa shape index (κ2) is 9.65. The van der Waals surface area contributed by atoms with E-state index in [1.807, 2.05) is 0 Å². The predicted octanol–water partition coefficient (Wildman–Crippen LogP) is 3.87. The second-order valence-corrected chi connectivity index (χ2v) is 12.3. The third-order valence-electron chi connectivity index (χ3n) is 5.19. The molecule has 0 saturated heterocycles. The normalized spacial score (nSPS) is 11.9. The molecule has 0 atom stereocenters. The lowest BCUT2D eigenvalue weighted by molar-refractivity contribution is 0.386. The molecule has 0 fully saturated rings. The average molecular weight is 570 g/mol. The molecule has 0 aliphatic carbocycles. The fourth-order valence-electron chi connectivity index (χ4n) is 3.43. The van der Waals surface area contributed by atoms with Crippen LogP contribution in [-0.4, -0.2) is 35.0 Å². The van der Waals surface area contributed by atoms with Crippen LogP contribution in [0.4, 0.5) is 11.4 Å². The number of sulfonamides is 2. The van der Waals surface area contributed by atoms with Gasteiger partial charge in [0.05, 0.1) is 41.4 Å². The van der Waals surface area contributed by atoms with Crippen LogP contribution in [0.15, 0.2) is 69.2 Å². The number of hydrogen-bond acceptors (Lipinski definition) is 8. The van der Waals surface area contributed by atoms with Crippen LogP contribution in [0.25, 0.3) is 10.9 Å². The molecule has 3 aromatic carbocycles. The van der Waals surface area contributed by atoms with Gasteiger partial charge in [0.2, 0.25) is 0 Å². The zero-order valence-electron chi connectivity index (χ0n) is 19.1. The Hall–Kier alpha value is -3.26. The first kappa shape index (κ1) is 25.8. The quantitative estimate of drug-likeness (QED) is 0.329. The lowest BCUT2D eigenvalue weighted by Gasteiger charge is -2.16. The van der Waals surface area contributed by atoms with Gasteiger partial charge in [0.15, 0.2) is 0 Å². The summed E-state index contributed by atoms with van der Waals surface area (Å²) in [7, 11) is -4.00. The highest BCUT2D eigenvalue weighted by Gasteiger charge is 2.24. The Morgan fingerprint density at radius 1 is 0.861 bits per heavy atom. The smallest absolute Gasteiger partial charge is 0.265 e. The maximum Gasteiger partial charge on any atom is 0.265 e. The second-order valence-electron chi connectivity index (χ2n) is 7.47. The molecule has 14 heteroatoms. The SMILES string of the molecule is COc1ccc(S(=O)(=O)Nc2ccc(Cl)cc2NS(=O)(=O)c2ccc3c(c2)c(=O)sn3C)c(OC)c1. The number of aromatic nitrogens is 1. The Morgan fingerprint density at radius 3 is 2.28 bits per heavy atom. The van der Waals surface area contributed by atoms with Gasteiger partial charge in [-0.1, -0.05) is 11.6 Å². The molecule has 2 N–H and O–H groups in total. The van der Waals surface area contributed by atoms with E-state index < -0.39 is 20.0 Å². The van der Waals surface area contributed by atoms with E-state index in [0.29, 0.717) is 11.3 Å². The minimum absolute atomic E-state index is 0.0311. The van der Waals surface area contributed by atoms with Gasteiger partial charge in [0, 0.05) is 18.1 Å². The number of halogens is 1. The molecule has 0 unspecified atom stereocenters. The minimum Gasteiger partial charge on any atom is -0.497 e. The van der Waals surface area contributed by atoms with Crippen LogP contribution < -0.4 is 23.7 Å². The molecule has 0 aliphatic rings. The van der Waals surface area contributed by atoms with Crippen molar-refractivity contribution >= 4 is 65.5 Å². The summed E-state index contributed by atoms with van der Waals surface area (Å²) in [5.74, 6) is 0.423. The molecular weight excluding hydrogens is 550 g/mol. The summed E-state index contributed by atoms with van der Waals surface area (Å²) in [5, 5.41) is 0.420. The summed E-state index contributed by atoms with van der Waals surface area (Å²) in [5.41, 5.74) is 0.402. The molecule has 0 saturated carbocycles. The number of benzene rings is 3. The summed E-state index contributed by atoms with van der Waals surface area (Å²) in [4.78, 5) is 11.8. The highest BCUT2D eigenvalue weighted by molar-refractivity contribution is 7.93. The van der Waals surface area contributed by atoms with Crippen molar-refractivity contribution < 1.29 is 26.3 Å². The Labute approximate surface area is 216 Å². The van der Waals surface area contributed by atoms with Crippen molar-refractivity contribution in [2.24, 2.45) is 7.05 Å². The van der Waals surface area contributed by atoms with Crippen LogP contribution in [0.1, 0.15) is 0 Å². The zero-order valence-corrected chi connectivity index (χ0v) is 22.3. The first-order chi connectivity index (χ1) is 16.9. The fourth-order valence-corrected chi connectivity index (χ4v) is 6.70. The van der Waals surface area contributed by atoms with Gasteiger partial charge in [-0.15, -0.1) is 0 Å². The molecule has 1 heterocycles. The van der Waals surface area contributed by atoms with Gasteiger partial charge in [-0.25, -0.2) is 16.8 Å². The van der Waals surface area contributed by atoms with Crippen LogP contribution in [0, 0.1) is 0 Å². The van der Waals surface area contributed by atoms with Gasteiger partial charge < -0.3 is 9.47 Å². The monoisotopic (exact) mass is 569 g/mol. The van der Waals surface area contributed by atoms with Gasteiger partial charge in [0.1, 0.15) is 16.4 Å². The molecule has 190 valence electrons. The molecular formula is C22H20ClN3O7S3. The summed E-state index contributed by atoms with van der Waals surface area (Å²) in [6.07, 6.45) is 0. The van der Waals surface area contributed by atoms with Crippen LogP contribution >= 0.6 is 23.1 Å². The van der Waals surface area contributed by atoms with Gasteiger partial charge in [-0.05, 0) is 60.1 Å². The van der Waals surface area contributed by atoms with Crippen LogP contribution in [0.5, 0.6) is 11.5 Å². The summed E-state index contributed by atoms with van der Waals surface area (Å²) >= 11 is 7.03. The van der Waals surface area contributed by atoms with Crippen molar-refractivity contribution in [3.8, 4) is 11.5 Å².